The van der Waals surface area contributed by atoms with E-state index >= 15 is 0 Å². The van der Waals surface area contributed by atoms with Gasteiger partial charge >= 0.3 is 5.97 Å². The standard InChI is InChI=1S/C25H28N2O4/c1-3-4-5-6-19-8-10-20(11-9-19)22(28)12-14-25(30)31-17-21-15-24(29)27-16-18(2)7-13-23(27)26-21/h7-11,13,15-16H,3-6,12,14,17H2,1-2H3. The van der Waals surface area contributed by atoms with Crippen molar-refractivity contribution < 1.29 is 14.3 Å². The number of hydrogen-bond acceptors (Lipinski definition) is 5. The summed E-state index contributed by atoms with van der Waals surface area (Å²) in [7, 11) is 0. The summed E-state index contributed by atoms with van der Waals surface area (Å²) in [5, 5.41) is 0. The maximum Gasteiger partial charge on any atom is 0.306 e. The first-order chi connectivity index (χ1) is 15.0. The van der Waals surface area contributed by atoms with Crippen molar-refractivity contribution in [2.24, 2.45) is 0 Å². The maximum atomic E-state index is 12.3. The number of aromatic nitrogens is 2. The van der Waals surface area contributed by atoms with E-state index in [4.69, 9.17) is 4.74 Å². The van der Waals surface area contributed by atoms with Gasteiger partial charge in [-0.15, -0.1) is 0 Å². The molecule has 0 fully saturated rings. The van der Waals surface area contributed by atoms with Crippen LogP contribution in [0.3, 0.4) is 0 Å². The number of Topliss-reactive ketones (excluding diaryl/α,β-unsaturated/α-hetero) is 1. The van der Waals surface area contributed by atoms with E-state index < -0.39 is 5.97 Å². The summed E-state index contributed by atoms with van der Waals surface area (Å²) in [5.41, 5.74) is 3.43. The second-order valence-corrected chi connectivity index (χ2v) is 7.76. The average molecular weight is 421 g/mol. The van der Waals surface area contributed by atoms with E-state index in [2.05, 4.69) is 11.9 Å². The number of fused-ring (bicyclic) bond motifs is 1. The predicted octanol–water partition coefficient (Wildman–Crippen LogP) is 4.44. The van der Waals surface area contributed by atoms with Crippen LogP contribution in [0.4, 0.5) is 0 Å². The van der Waals surface area contributed by atoms with E-state index in [9.17, 15) is 14.4 Å². The lowest BCUT2D eigenvalue weighted by Crippen LogP contribution is -2.17. The third kappa shape index (κ3) is 6.35. The molecule has 0 aliphatic rings. The van der Waals surface area contributed by atoms with E-state index in [0.29, 0.717) is 16.9 Å². The number of ether oxygens (including phenoxy) is 1. The number of benzene rings is 1. The molecule has 0 unspecified atom stereocenters. The van der Waals surface area contributed by atoms with Gasteiger partial charge in [-0.05, 0) is 37.0 Å². The number of nitrogens with zero attached hydrogens (tertiary/aromatic N) is 2. The van der Waals surface area contributed by atoms with Crippen LogP contribution in [0.5, 0.6) is 0 Å². The number of esters is 1. The molecule has 3 rings (SSSR count). The summed E-state index contributed by atoms with van der Waals surface area (Å²) in [6.45, 7) is 3.97. The number of rotatable bonds is 10. The van der Waals surface area contributed by atoms with Gasteiger partial charge in [-0.3, -0.25) is 18.8 Å². The van der Waals surface area contributed by atoms with Crippen molar-refractivity contribution in [1.82, 2.24) is 9.38 Å². The van der Waals surface area contributed by atoms with E-state index in [1.54, 1.807) is 12.3 Å². The summed E-state index contributed by atoms with van der Waals surface area (Å²) >= 11 is 0. The van der Waals surface area contributed by atoms with E-state index in [0.717, 1.165) is 18.4 Å². The minimum Gasteiger partial charge on any atom is -0.459 e. The molecule has 0 bridgehead atoms. The zero-order valence-electron chi connectivity index (χ0n) is 18.1. The minimum absolute atomic E-state index is 0.0111. The zero-order valence-corrected chi connectivity index (χ0v) is 18.1. The van der Waals surface area contributed by atoms with Crippen LogP contribution in [0.1, 0.15) is 66.2 Å². The number of aryl methyl sites for hydroxylation is 2. The highest BCUT2D eigenvalue weighted by Crippen LogP contribution is 2.12. The molecular weight excluding hydrogens is 392 g/mol. The molecule has 0 saturated carbocycles. The number of unbranched alkanes of at least 4 members (excludes halogenated alkanes) is 2. The van der Waals surface area contributed by atoms with Gasteiger partial charge in [0.2, 0.25) is 0 Å². The van der Waals surface area contributed by atoms with Crippen LogP contribution in [0.2, 0.25) is 0 Å². The molecule has 2 aromatic heterocycles. The Balaban J connectivity index is 1.49. The van der Waals surface area contributed by atoms with Gasteiger partial charge in [0.1, 0.15) is 12.3 Å². The molecule has 2 heterocycles. The lowest BCUT2D eigenvalue weighted by Gasteiger charge is -2.07. The molecule has 0 aliphatic carbocycles. The van der Waals surface area contributed by atoms with E-state index in [1.165, 1.54) is 28.9 Å². The summed E-state index contributed by atoms with van der Waals surface area (Å²) in [5.74, 6) is -0.579. The zero-order chi connectivity index (χ0) is 22.2. The SMILES string of the molecule is CCCCCc1ccc(C(=O)CCC(=O)OCc2cc(=O)n3cc(C)ccc3n2)cc1. The van der Waals surface area contributed by atoms with Crippen LogP contribution in [0.15, 0.2) is 53.5 Å². The van der Waals surface area contributed by atoms with Gasteiger partial charge in [-0.25, -0.2) is 4.98 Å². The lowest BCUT2D eigenvalue weighted by atomic mass is 10.0. The van der Waals surface area contributed by atoms with Crippen molar-refractivity contribution in [1.29, 1.82) is 0 Å². The van der Waals surface area contributed by atoms with Gasteiger partial charge in [0.15, 0.2) is 5.78 Å². The molecule has 6 nitrogen and oxygen atoms in total. The lowest BCUT2D eigenvalue weighted by molar-refractivity contribution is -0.145. The van der Waals surface area contributed by atoms with Gasteiger partial charge < -0.3 is 4.74 Å². The first kappa shape index (κ1) is 22.4. The summed E-state index contributed by atoms with van der Waals surface area (Å²) in [6.07, 6.45) is 6.33. The third-order valence-electron chi connectivity index (χ3n) is 5.14. The van der Waals surface area contributed by atoms with Crippen molar-refractivity contribution in [2.75, 3.05) is 0 Å². The summed E-state index contributed by atoms with van der Waals surface area (Å²) < 4.78 is 6.67. The monoisotopic (exact) mass is 420 g/mol. The Kier molecular flexibility index (Phi) is 7.70. The van der Waals surface area contributed by atoms with Crippen molar-refractivity contribution in [3.8, 4) is 0 Å². The molecule has 0 radical (unpaired) electrons. The van der Waals surface area contributed by atoms with Crippen molar-refractivity contribution in [3.05, 3.63) is 81.4 Å². The molecule has 0 atom stereocenters. The van der Waals surface area contributed by atoms with Gasteiger partial charge in [-0.2, -0.15) is 0 Å². The Morgan fingerprint density at radius 2 is 1.81 bits per heavy atom. The van der Waals surface area contributed by atoms with Crippen LogP contribution in [0.25, 0.3) is 5.65 Å². The molecule has 3 aromatic rings. The third-order valence-corrected chi connectivity index (χ3v) is 5.14. The highest BCUT2D eigenvalue weighted by atomic mass is 16.5. The van der Waals surface area contributed by atoms with Crippen LogP contribution in [-0.2, 0) is 22.6 Å². The quantitative estimate of drug-likeness (QED) is 0.275. The molecule has 0 spiro atoms. The van der Waals surface area contributed by atoms with Crippen molar-refractivity contribution in [3.63, 3.8) is 0 Å². The Morgan fingerprint density at radius 3 is 2.55 bits per heavy atom. The molecule has 1 aromatic carbocycles. The summed E-state index contributed by atoms with van der Waals surface area (Å²) in [4.78, 5) is 41.0. The molecule has 0 aliphatic heterocycles. The number of pyridine rings is 1. The topological polar surface area (TPSA) is 77.7 Å². The highest BCUT2D eigenvalue weighted by Gasteiger charge is 2.12. The van der Waals surface area contributed by atoms with Gasteiger partial charge in [-0.1, -0.05) is 50.1 Å². The Bertz CT molecular complexity index is 1120. The fourth-order valence-electron chi connectivity index (χ4n) is 3.36. The van der Waals surface area contributed by atoms with Gasteiger partial charge in [0.05, 0.1) is 12.1 Å². The Morgan fingerprint density at radius 1 is 1.03 bits per heavy atom. The molecular formula is C25H28N2O4. The molecule has 162 valence electrons. The molecule has 0 saturated heterocycles. The highest BCUT2D eigenvalue weighted by molar-refractivity contribution is 5.97. The second kappa shape index (κ2) is 10.7. The first-order valence-corrected chi connectivity index (χ1v) is 10.7. The molecule has 6 heteroatoms. The average Bonchev–Trinajstić information content (AvgIpc) is 2.77. The van der Waals surface area contributed by atoms with E-state index in [1.807, 2.05) is 37.3 Å². The van der Waals surface area contributed by atoms with Gasteiger partial charge in [0, 0.05) is 24.2 Å². The van der Waals surface area contributed by atoms with Crippen LogP contribution >= 0.6 is 0 Å². The fourth-order valence-corrected chi connectivity index (χ4v) is 3.36. The normalized spacial score (nSPS) is 10.9. The predicted molar refractivity (Wildman–Crippen MR) is 119 cm³/mol. The van der Waals surface area contributed by atoms with Crippen LogP contribution in [-0.4, -0.2) is 21.1 Å². The largest absolute Gasteiger partial charge is 0.459 e. The molecule has 31 heavy (non-hydrogen) atoms. The number of ketones is 1. The second-order valence-electron chi connectivity index (χ2n) is 7.76. The Hall–Kier alpha value is -3.28. The number of hydrogen-bond donors (Lipinski definition) is 0. The Labute approximate surface area is 181 Å². The van der Waals surface area contributed by atoms with E-state index in [-0.39, 0.29) is 30.8 Å². The number of carbonyl (C=O) groups excluding carboxylic acids is 2. The maximum absolute atomic E-state index is 12.3. The smallest absolute Gasteiger partial charge is 0.306 e. The number of carbonyl (C=O) groups is 2. The molecule has 0 amide bonds. The minimum atomic E-state index is -0.490. The van der Waals surface area contributed by atoms with Crippen LogP contribution < -0.4 is 5.56 Å². The van der Waals surface area contributed by atoms with Gasteiger partial charge in [0.25, 0.3) is 5.56 Å². The summed E-state index contributed by atoms with van der Waals surface area (Å²) in [6, 6.07) is 12.6. The first-order valence-electron chi connectivity index (χ1n) is 10.7. The van der Waals surface area contributed by atoms with Crippen molar-refractivity contribution in [2.45, 2.75) is 59.0 Å². The van der Waals surface area contributed by atoms with Crippen molar-refractivity contribution >= 4 is 17.4 Å². The van der Waals surface area contributed by atoms with Crippen LogP contribution in [0, 0.1) is 6.92 Å². The fraction of sp³-hybridized carbons (Fsp3) is 0.360. The molecule has 0 N–H and O–H groups in total.